The number of rotatable bonds is 5. The Kier molecular flexibility index (Phi) is 4.72. The number of nitrogens with zero attached hydrogens (tertiary/aromatic N) is 1. The average Bonchev–Trinajstić information content (AvgIpc) is 2.91. The molecule has 18 heavy (non-hydrogen) atoms. The van der Waals surface area contributed by atoms with E-state index in [0.717, 1.165) is 17.0 Å². The van der Waals surface area contributed by atoms with Gasteiger partial charge in [-0.05, 0) is 23.6 Å². The summed E-state index contributed by atoms with van der Waals surface area (Å²) in [6.07, 6.45) is 2.50. The molecule has 0 saturated heterocycles. The molecule has 0 aromatic carbocycles. The molecule has 0 atom stereocenters. The van der Waals surface area contributed by atoms with Gasteiger partial charge in [0, 0.05) is 29.7 Å². The molecule has 2 aromatic heterocycles. The van der Waals surface area contributed by atoms with Crippen molar-refractivity contribution in [2.45, 2.75) is 13.0 Å². The number of carbonyl (C=O) groups is 1. The molecule has 0 radical (unpaired) electrons. The van der Waals surface area contributed by atoms with E-state index in [9.17, 15) is 4.79 Å². The first-order valence-corrected chi connectivity index (χ1v) is 6.66. The van der Waals surface area contributed by atoms with Crippen molar-refractivity contribution in [3.8, 4) is 0 Å². The van der Waals surface area contributed by atoms with Gasteiger partial charge in [-0.1, -0.05) is 12.1 Å². The van der Waals surface area contributed by atoms with Crippen molar-refractivity contribution < 1.29 is 4.79 Å². The van der Waals surface area contributed by atoms with Crippen LogP contribution in [0.25, 0.3) is 0 Å². The summed E-state index contributed by atoms with van der Waals surface area (Å²) < 4.78 is 0. The van der Waals surface area contributed by atoms with Gasteiger partial charge in [-0.3, -0.25) is 4.98 Å². The largest absolute Gasteiger partial charge is 0.338 e. The van der Waals surface area contributed by atoms with Crippen molar-refractivity contribution in [3.63, 3.8) is 0 Å². The standard InChI is InChI=1S/C13H15N3OS/c17-13(16-10-12-5-3-9-18-12)15-8-6-11-4-1-2-7-14-11/h1-5,7,9H,6,8,10H2,(H2,15,16,17). The normalized spacial score (nSPS) is 10.0. The summed E-state index contributed by atoms with van der Waals surface area (Å²) in [4.78, 5) is 16.8. The number of carbonyl (C=O) groups excluding carboxylic acids is 1. The quantitative estimate of drug-likeness (QED) is 0.867. The molecule has 2 amide bonds. The highest BCUT2D eigenvalue weighted by Gasteiger charge is 2.00. The fraction of sp³-hybridized carbons (Fsp3) is 0.231. The van der Waals surface area contributed by atoms with E-state index in [1.165, 1.54) is 0 Å². The molecule has 2 rings (SSSR count). The SMILES string of the molecule is O=C(NCCc1ccccn1)NCc1cccs1. The minimum Gasteiger partial charge on any atom is -0.338 e. The minimum atomic E-state index is -0.140. The third kappa shape index (κ3) is 4.18. The first-order chi connectivity index (χ1) is 8.84. The zero-order valence-electron chi connectivity index (χ0n) is 9.93. The number of hydrogen-bond acceptors (Lipinski definition) is 3. The molecule has 0 bridgehead atoms. The number of nitrogens with one attached hydrogen (secondary N) is 2. The van der Waals surface area contributed by atoms with Crippen LogP contribution in [-0.4, -0.2) is 17.6 Å². The molecule has 94 valence electrons. The zero-order valence-corrected chi connectivity index (χ0v) is 10.7. The van der Waals surface area contributed by atoms with E-state index >= 15 is 0 Å². The van der Waals surface area contributed by atoms with Gasteiger partial charge in [0.05, 0.1) is 6.54 Å². The van der Waals surface area contributed by atoms with Crippen molar-refractivity contribution >= 4 is 17.4 Å². The summed E-state index contributed by atoms with van der Waals surface area (Å²) >= 11 is 1.63. The van der Waals surface area contributed by atoms with E-state index in [4.69, 9.17) is 0 Å². The Hall–Kier alpha value is -1.88. The first kappa shape index (κ1) is 12.6. The van der Waals surface area contributed by atoms with Gasteiger partial charge in [-0.25, -0.2) is 4.79 Å². The summed E-state index contributed by atoms with van der Waals surface area (Å²) in [6, 6.07) is 9.61. The summed E-state index contributed by atoms with van der Waals surface area (Å²) in [5, 5.41) is 7.62. The summed E-state index contributed by atoms with van der Waals surface area (Å²) in [6.45, 7) is 1.17. The van der Waals surface area contributed by atoms with Crippen molar-refractivity contribution in [1.29, 1.82) is 0 Å². The predicted molar refractivity (Wildman–Crippen MR) is 72.5 cm³/mol. The highest BCUT2D eigenvalue weighted by molar-refractivity contribution is 7.09. The molecule has 2 N–H and O–H groups in total. The molecule has 0 fully saturated rings. The van der Waals surface area contributed by atoms with Crippen LogP contribution in [0.2, 0.25) is 0 Å². The lowest BCUT2D eigenvalue weighted by atomic mass is 10.3. The Morgan fingerprint density at radius 1 is 1.22 bits per heavy atom. The van der Waals surface area contributed by atoms with Crippen LogP contribution in [0.5, 0.6) is 0 Å². The van der Waals surface area contributed by atoms with Gasteiger partial charge >= 0.3 is 6.03 Å². The smallest absolute Gasteiger partial charge is 0.315 e. The molecule has 0 aliphatic heterocycles. The van der Waals surface area contributed by atoms with Crippen LogP contribution >= 0.6 is 11.3 Å². The number of pyridine rings is 1. The van der Waals surface area contributed by atoms with Gasteiger partial charge in [0.2, 0.25) is 0 Å². The Labute approximate surface area is 110 Å². The fourth-order valence-electron chi connectivity index (χ4n) is 1.49. The topological polar surface area (TPSA) is 54.0 Å². The molecule has 0 aliphatic rings. The van der Waals surface area contributed by atoms with Crippen LogP contribution in [0.4, 0.5) is 4.79 Å². The van der Waals surface area contributed by atoms with E-state index in [0.29, 0.717) is 13.1 Å². The Bertz CT molecular complexity index is 470. The highest BCUT2D eigenvalue weighted by atomic mass is 32.1. The second-order valence-electron chi connectivity index (χ2n) is 3.76. The minimum absolute atomic E-state index is 0.140. The lowest BCUT2D eigenvalue weighted by Crippen LogP contribution is -2.36. The maximum absolute atomic E-state index is 11.5. The molecular formula is C13H15N3OS. The van der Waals surface area contributed by atoms with Gasteiger partial charge in [-0.2, -0.15) is 0 Å². The van der Waals surface area contributed by atoms with Crippen molar-refractivity contribution in [3.05, 3.63) is 52.5 Å². The number of hydrogen-bond donors (Lipinski definition) is 2. The predicted octanol–water partition coefficient (Wildman–Crippen LogP) is 2.19. The Balaban J connectivity index is 1.63. The lowest BCUT2D eigenvalue weighted by Gasteiger charge is -2.06. The second-order valence-corrected chi connectivity index (χ2v) is 4.79. The highest BCUT2D eigenvalue weighted by Crippen LogP contribution is 2.06. The summed E-state index contributed by atoms with van der Waals surface area (Å²) in [5.41, 5.74) is 0.982. The second kappa shape index (κ2) is 6.76. The Morgan fingerprint density at radius 2 is 2.17 bits per heavy atom. The van der Waals surface area contributed by atoms with Crippen LogP contribution < -0.4 is 10.6 Å². The van der Waals surface area contributed by atoms with Crippen LogP contribution in [0, 0.1) is 0 Å². The van der Waals surface area contributed by atoms with E-state index < -0.39 is 0 Å². The number of urea groups is 1. The van der Waals surface area contributed by atoms with Crippen LogP contribution in [0.1, 0.15) is 10.6 Å². The number of amides is 2. The van der Waals surface area contributed by atoms with E-state index in [2.05, 4.69) is 15.6 Å². The maximum atomic E-state index is 11.5. The molecule has 2 heterocycles. The van der Waals surface area contributed by atoms with E-state index in [1.54, 1.807) is 17.5 Å². The molecule has 0 spiro atoms. The van der Waals surface area contributed by atoms with Crippen LogP contribution in [0.15, 0.2) is 41.9 Å². The number of thiophene rings is 1. The average molecular weight is 261 g/mol. The van der Waals surface area contributed by atoms with E-state index in [-0.39, 0.29) is 6.03 Å². The van der Waals surface area contributed by atoms with E-state index in [1.807, 2.05) is 35.7 Å². The van der Waals surface area contributed by atoms with Crippen molar-refractivity contribution in [2.24, 2.45) is 0 Å². The van der Waals surface area contributed by atoms with Gasteiger partial charge < -0.3 is 10.6 Å². The van der Waals surface area contributed by atoms with Gasteiger partial charge in [-0.15, -0.1) is 11.3 Å². The third-order valence-electron chi connectivity index (χ3n) is 2.40. The zero-order chi connectivity index (χ0) is 12.6. The monoisotopic (exact) mass is 261 g/mol. The maximum Gasteiger partial charge on any atom is 0.315 e. The Morgan fingerprint density at radius 3 is 2.89 bits per heavy atom. The first-order valence-electron chi connectivity index (χ1n) is 5.78. The summed E-state index contributed by atoms with van der Waals surface area (Å²) in [7, 11) is 0. The molecule has 2 aromatic rings. The van der Waals surface area contributed by atoms with Gasteiger partial charge in [0.15, 0.2) is 0 Å². The summed E-state index contributed by atoms with van der Waals surface area (Å²) in [5.74, 6) is 0. The lowest BCUT2D eigenvalue weighted by molar-refractivity contribution is 0.240. The van der Waals surface area contributed by atoms with Crippen LogP contribution in [-0.2, 0) is 13.0 Å². The molecule has 0 unspecified atom stereocenters. The van der Waals surface area contributed by atoms with Crippen LogP contribution in [0.3, 0.4) is 0 Å². The molecule has 0 saturated carbocycles. The third-order valence-corrected chi connectivity index (χ3v) is 3.27. The van der Waals surface area contributed by atoms with Gasteiger partial charge in [0.25, 0.3) is 0 Å². The molecule has 0 aliphatic carbocycles. The number of aromatic nitrogens is 1. The van der Waals surface area contributed by atoms with Gasteiger partial charge in [0.1, 0.15) is 0 Å². The fourth-order valence-corrected chi connectivity index (χ4v) is 2.14. The molecule has 4 nitrogen and oxygen atoms in total. The van der Waals surface area contributed by atoms with Crippen molar-refractivity contribution in [2.75, 3.05) is 6.54 Å². The van der Waals surface area contributed by atoms with Crippen molar-refractivity contribution in [1.82, 2.24) is 15.6 Å². The molecular weight excluding hydrogens is 246 g/mol. The molecule has 5 heteroatoms.